The van der Waals surface area contributed by atoms with E-state index in [1.165, 1.54) is 16.7 Å². The number of hydrogen-bond donors (Lipinski definition) is 1. The summed E-state index contributed by atoms with van der Waals surface area (Å²) in [5.74, 6) is -0.158. The first-order valence-electron chi connectivity index (χ1n) is 5.21. The fourth-order valence-electron chi connectivity index (χ4n) is 1.78. The Morgan fingerprint density at radius 3 is 2.89 bits per heavy atom. The van der Waals surface area contributed by atoms with Crippen LogP contribution in [-0.2, 0) is 0 Å². The molecule has 0 unspecified atom stereocenters. The number of hydrogen-bond acceptors (Lipinski definition) is 3. The third-order valence-corrected chi connectivity index (χ3v) is 2.86. The van der Waals surface area contributed by atoms with Crippen LogP contribution >= 0.6 is 11.6 Å². The Morgan fingerprint density at radius 1 is 1.33 bits per heavy atom. The van der Waals surface area contributed by atoms with Crippen molar-refractivity contribution in [1.82, 2.24) is 14.4 Å². The molecule has 0 spiro atoms. The van der Waals surface area contributed by atoms with Crippen LogP contribution in [0.25, 0.3) is 17.0 Å². The number of rotatable bonds is 1. The molecule has 4 nitrogen and oxygen atoms in total. The van der Waals surface area contributed by atoms with Crippen LogP contribution in [0.5, 0.6) is 0 Å². The average Bonchev–Trinajstić information content (AvgIpc) is 2.69. The maximum atomic E-state index is 13.3. The molecule has 0 radical (unpaired) electrons. The van der Waals surface area contributed by atoms with E-state index < -0.39 is 5.82 Å². The molecule has 3 heterocycles. The highest BCUT2D eigenvalue weighted by Gasteiger charge is 2.15. The number of nitrogens with two attached hydrogens (primary N) is 1. The van der Waals surface area contributed by atoms with E-state index in [0.717, 1.165) is 0 Å². The Morgan fingerprint density at radius 2 is 2.17 bits per heavy atom. The summed E-state index contributed by atoms with van der Waals surface area (Å²) in [5, 5.41) is 0.212. The number of nitrogen functional groups attached to an aromatic ring is 1. The molecular weight excluding hydrogens is 255 g/mol. The molecule has 90 valence electrons. The molecule has 0 aliphatic rings. The van der Waals surface area contributed by atoms with E-state index in [4.69, 9.17) is 17.3 Å². The van der Waals surface area contributed by atoms with Crippen LogP contribution in [0, 0.1) is 5.82 Å². The predicted octanol–water partition coefficient (Wildman–Crippen LogP) is 2.77. The molecule has 2 N–H and O–H groups in total. The minimum Gasteiger partial charge on any atom is -0.383 e. The minimum atomic E-state index is -0.468. The molecule has 0 aliphatic carbocycles. The van der Waals surface area contributed by atoms with E-state index in [1.807, 2.05) is 6.07 Å². The van der Waals surface area contributed by atoms with Gasteiger partial charge >= 0.3 is 0 Å². The lowest BCUT2D eigenvalue weighted by Gasteiger charge is -1.99. The van der Waals surface area contributed by atoms with Gasteiger partial charge < -0.3 is 5.73 Å². The summed E-state index contributed by atoms with van der Waals surface area (Å²) >= 11 is 5.94. The molecule has 3 aromatic heterocycles. The quantitative estimate of drug-likeness (QED) is 0.734. The van der Waals surface area contributed by atoms with Gasteiger partial charge in [-0.1, -0.05) is 17.7 Å². The van der Waals surface area contributed by atoms with Crippen LogP contribution < -0.4 is 5.73 Å². The smallest absolute Gasteiger partial charge is 0.158 e. The number of aromatic nitrogens is 3. The first-order valence-corrected chi connectivity index (χ1v) is 5.58. The highest BCUT2D eigenvalue weighted by atomic mass is 35.5. The number of nitrogens with zero attached hydrogens (tertiary/aromatic N) is 3. The van der Waals surface area contributed by atoms with Gasteiger partial charge in [0.2, 0.25) is 0 Å². The molecule has 0 fully saturated rings. The summed E-state index contributed by atoms with van der Waals surface area (Å²) in [6, 6.07) is 6.60. The van der Waals surface area contributed by atoms with Crippen molar-refractivity contribution >= 4 is 23.1 Å². The molecule has 0 saturated heterocycles. The molecule has 0 bridgehead atoms. The summed E-state index contributed by atoms with van der Waals surface area (Å²) in [4.78, 5) is 8.46. The highest BCUT2D eigenvalue weighted by Crippen LogP contribution is 2.28. The van der Waals surface area contributed by atoms with E-state index in [1.54, 1.807) is 18.3 Å². The zero-order valence-corrected chi connectivity index (χ0v) is 9.89. The van der Waals surface area contributed by atoms with Crippen LogP contribution in [-0.4, -0.2) is 14.4 Å². The van der Waals surface area contributed by atoms with Gasteiger partial charge in [0.15, 0.2) is 5.65 Å². The molecule has 3 rings (SSSR count). The van der Waals surface area contributed by atoms with Crippen molar-refractivity contribution in [2.75, 3.05) is 5.73 Å². The molecule has 0 atom stereocenters. The van der Waals surface area contributed by atoms with Crippen molar-refractivity contribution < 1.29 is 4.39 Å². The van der Waals surface area contributed by atoms with E-state index >= 15 is 0 Å². The van der Waals surface area contributed by atoms with Crippen LogP contribution in [0.3, 0.4) is 0 Å². The summed E-state index contributed by atoms with van der Waals surface area (Å²) in [5.41, 5.74) is 7.47. The zero-order chi connectivity index (χ0) is 12.7. The third kappa shape index (κ3) is 1.60. The fourth-order valence-corrected chi connectivity index (χ4v) is 2.02. The minimum absolute atomic E-state index is 0.212. The molecule has 0 saturated carbocycles. The zero-order valence-electron chi connectivity index (χ0n) is 9.14. The summed E-state index contributed by atoms with van der Waals surface area (Å²) in [6.07, 6.45) is 2.89. The maximum Gasteiger partial charge on any atom is 0.158 e. The van der Waals surface area contributed by atoms with Crippen molar-refractivity contribution in [1.29, 1.82) is 0 Å². The molecule has 18 heavy (non-hydrogen) atoms. The van der Waals surface area contributed by atoms with E-state index in [0.29, 0.717) is 22.9 Å². The Bertz CT molecular complexity index is 724. The van der Waals surface area contributed by atoms with Crippen molar-refractivity contribution in [3.8, 4) is 11.4 Å². The number of halogens is 2. The Hall–Kier alpha value is -2.14. The topological polar surface area (TPSA) is 56.2 Å². The number of pyridine rings is 2. The van der Waals surface area contributed by atoms with Gasteiger partial charge in [-0.25, -0.2) is 9.37 Å². The van der Waals surface area contributed by atoms with Crippen molar-refractivity contribution in [3.63, 3.8) is 0 Å². The van der Waals surface area contributed by atoms with Gasteiger partial charge in [-0.3, -0.25) is 9.38 Å². The molecule has 0 aromatic carbocycles. The van der Waals surface area contributed by atoms with Gasteiger partial charge in [-0.05, 0) is 18.2 Å². The molecule has 0 aliphatic heterocycles. The number of fused-ring (bicyclic) bond motifs is 1. The van der Waals surface area contributed by atoms with E-state index in [-0.39, 0.29) is 5.02 Å². The summed E-state index contributed by atoms with van der Waals surface area (Å²) in [6.45, 7) is 0. The van der Waals surface area contributed by atoms with Crippen LogP contribution in [0.1, 0.15) is 0 Å². The second kappa shape index (κ2) is 3.96. The fraction of sp³-hybridized carbons (Fsp3) is 0. The molecular formula is C12H8ClFN4. The standard InChI is InChI=1S/C12H8ClFN4/c13-8-5-7(14)6-18-11(15)10(17-12(8)18)9-3-1-2-4-16-9/h1-6H,15H2. The molecule has 3 aromatic rings. The second-order valence-electron chi connectivity index (χ2n) is 3.76. The Balaban J connectivity index is 2.33. The largest absolute Gasteiger partial charge is 0.383 e. The van der Waals surface area contributed by atoms with Crippen LogP contribution in [0.2, 0.25) is 5.02 Å². The number of anilines is 1. The van der Waals surface area contributed by atoms with Crippen molar-refractivity contribution in [2.24, 2.45) is 0 Å². The SMILES string of the molecule is Nc1c(-c2ccccn2)nc2c(Cl)cc(F)cn12. The van der Waals surface area contributed by atoms with Gasteiger partial charge in [0.05, 0.1) is 10.7 Å². The lowest BCUT2D eigenvalue weighted by Crippen LogP contribution is -1.95. The molecule has 0 amide bonds. The lowest BCUT2D eigenvalue weighted by molar-refractivity contribution is 0.619. The summed E-state index contributed by atoms with van der Waals surface area (Å²) < 4.78 is 14.7. The Kier molecular flexibility index (Phi) is 2.41. The first-order chi connectivity index (χ1) is 8.66. The van der Waals surface area contributed by atoms with Gasteiger partial charge in [-0.2, -0.15) is 0 Å². The van der Waals surface area contributed by atoms with Crippen molar-refractivity contribution in [2.45, 2.75) is 0 Å². The van der Waals surface area contributed by atoms with E-state index in [2.05, 4.69) is 9.97 Å². The molecule has 6 heteroatoms. The maximum absolute atomic E-state index is 13.3. The predicted molar refractivity (Wildman–Crippen MR) is 67.8 cm³/mol. The average molecular weight is 263 g/mol. The second-order valence-corrected chi connectivity index (χ2v) is 4.17. The first kappa shape index (κ1) is 11.0. The highest BCUT2D eigenvalue weighted by molar-refractivity contribution is 6.33. The monoisotopic (exact) mass is 262 g/mol. The summed E-state index contributed by atoms with van der Waals surface area (Å²) in [7, 11) is 0. The Labute approximate surface area is 107 Å². The van der Waals surface area contributed by atoms with Gasteiger partial charge in [0.25, 0.3) is 0 Å². The van der Waals surface area contributed by atoms with Gasteiger partial charge in [-0.15, -0.1) is 0 Å². The van der Waals surface area contributed by atoms with Crippen LogP contribution in [0.4, 0.5) is 10.2 Å². The lowest BCUT2D eigenvalue weighted by atomic mass is 10.3. The normalized spacial score (nSPS) is 11.0. The van der Waals surface area contributed by atoms with Crippen molar-refractivity contribution in [3.05, 3.63) is 47.5 Å². The third-order valence-electron chi connectivity index (χ3n) is 2.59. The van der Waals surface area contributed by atoms with Crippen LogP contribution in [0.15, 0.2) is 36.7 Å². The van der Waals surface area contributed by atoms with Gasteiger partial charge in [0, 0.05) is 12.4 Å². The van der Waals surface area contributed by atoms with E-state index in [9.17, 15) is 4.39 Å². The van der Waals surface area contributed by atoms with Gasteiger partial charge in [0.1, 0.15) is 17.3 Å². The number of imidazole rings is 1.